The Labute approximate surface area is 156 Å². The summed E-state index contributed by atoms with van der Waals surface area (Å²) in [6, 6.07) is 6.67. The molecule has 6 nitrogen and oxygen atoms in total. The summed E-state index contributed by atoms with van der Waals surface area (Å²) in [6.07, 6.45) is 4.28. The highest BCUT2D eigenvalue weighted by atomic mass is 35.5. The number of carbonyl (C=O) groups is 1. The number of benzene rings is 1. The molecule has 0 heterocycles. The van der Waals surface area contributed by atoms with Gasteiger partial charge in [0.05, 0.1) is 11.7 Å². The minimum absolute atomic E-state index is 0. The number of hydrogen-bond acceptors (Lipinski definition) is 4. The third-order valence-corrected chi connectivity index (χ3v) is 5.96. The molecule has 1 aliphatic rings. The van der Waals surface area contributed by atoms with Gasteiger partial charge in [-0.2, -0.15) is 0 Å². The third kappa shape index (κ3) is 6.17. The molecule has 0 aromatic heterocycles. The molecule has 1 aromatic carbocycles. The molecular formula is C17H28ClN3O3S. The third-order valence-electron chi connectivity index (χ3n) is 4.47. The van der Waals surface area contributed by atoms with Crippen LogP contribution in [0.15, 0.2) is 24.3 Å². The molecule has 1 amide bonds. The second-order valence-electron chi connectivity index (χ2n) is 6.79. The Morgan fingerprint density at radius 1 is 1.24 bits per heavy atom. The van der Waals surface area contributed by atoms with Crippen LogP contribution in [0, 0.1) is 5.92 Å². The van der Waals surface area contributed by atoms with Crippen LogP contribution in [-0.2, 0) is 14.8 Å². The van der Waals surface area contributed by atoms with Crippen molar-refractivity contribution in [2.24, 2.45) is 11.7 Å². The van der Waals surface area contributed by atoms with Gasteiger partial charge in [0, 0.05) is 16.9 Å². The lowest BCUT2D eigenvalue weighted by molar-refractivity contribution is -0.122. The number of sulfonamides is 1. The quantitative estimate of drug-likeness (QED) is 0.695. The van der Waals surface area contributed by atoms with E-state index in [-0.39, 0.29) is 30.0 Å². The van der Waals surface area contributed by atoms with Crippen LogP contribution in [0.5, 0.6) is 0 Å². The van der Waals surface area contributed by atoms with Gasteiger partial charge in [0.15, 0.2) is 0 Å². The van der Waals surface area contributed by atoms with Crippen molar-refractivity contribution < 1.29 is 13.2 Å². The van der Waals surface area contributed by atoms with E-state index in [0.29, 0.717) is 17.8 Å². The predicted molar refractivity (Wildman–Crippen MR) is 105 cm³/mol. The number of rotatable bonds is 6. The average molecular weight is 390 g/mol. The Hall–Kier alpha value is -1.31. The van der Waals surface area contributed by atoms with Crippen molar-refractivity contribution in [2.75, 3.05) is 15.8 Å². The largest absolute Gasteiger partial charge is 0.326 e. The van der Waals surface area contributed by atoms with E-state index in [1.54, 1.807) is 24.3 Å². The Morgan fingerprint density at radius 2 is 1.84 bits per heavy atom. The maximum absolute atomic E-state index is 12.5. The minimum atomic E-state index is -3.31. The van der Waals surface area contributed by atoms with Gasteiger partial charge in [0.2, 0.25) is 15.9 Å². The molecule has 142 valence electrons. The van der Waals surface area contributed by atoms with Crippen LogP contribution in [0.1, 0.15) is 46.0 Å². The van der Waals surface area contributed by atoms with E-state index >= 15 is 0 Å². The topological polar surface area (TPSA) is 101 Å². The summed E-state index contributed by atoms with van der Waals surface area (Å²) in [5.74, 6) is -0.185. The van der Waals surface area contributed by atoms with E-state index in [1.807, 2.05) is 13.8 Å². The summed E-state index contributed by atoms with van der Waals surface area (Å²) in [7, 11) is -3.31. The first kappa shape index (κ1) is 21.7. The molecule has 0 spiro atoms. The molecule has 2 atom stereocenters. The lowest BCUT2D eigenvalue weighted by atomic mass is 9.74. The van der Waals surface area contributed by atoms with Gasteiger partial charge in [-0.1, -0.05) is 19.8 Å². The minimum Gasteiger partial charge on any atom is -0.326 e. The van der Waals surface area contributed by atoms with Gasteiger partial charge in [-0.05, 0) is 50.5 Å². The van der Waals surface area contributed by atoms with Crippen LogP contribution in [0.2, 0.25) is 0 Å². The highest BCUT2D eigenvalue weighted by Gasteiger charge is 2.37. The smallest absolute Gasteiger partial charge is 0.232 e. The Balaban J connectivity index is 0.00000312. The van der Waals surface area contributed by atoms with Gasteiger partial charge in [0.25, 0.3) is 0 Å². The van der Waals surface area contributed by atoms with Gasteiger partial charge in [-0.15, -0.1) is 12.4 Å². The zero-order valence-electron chi connectivity index (χ0n) is 14.7. The molecule has 1 aliphatic carbocycles. The van der Waals surface area contributed by atoms with Crippen molar-refractivity contribution in [2.45, 2.75) is 51.5 Å². The van der Waals surface area contributed by atoms with Crippen molar-refractivity contribution in [1.82, 2.24) is 0 Å². The molecule has 2 unspecified atom stereocenters. The number of carbonyl (C=O) groups excluding carboxylic acids is 1. The zero-order chi connectivity index (χ0) is 17.8. The van der Waals surface area contributed by atoms with Crippen LogP contribution in [0.25, 0.3) is 0 Å². The second-order valence-corrected chi connectivity index (χ2v) is 8.63. The average Bonchev–Trinajstić information content (AvgIpc) is 2.48. The monoisotopic (exact) mass is 389 g/mol. The Kier molecular flexibility index (Phi) is 7.71. The molecular weight excluding hydrogens is 362 g/mol. The fraction of sp³-hybridized carbons (Fsp3) is 0.588. The molecule has 1 fully saturated rings. The van der Waals surface area contributed by atoms with Crippen LogP contribution < -0.4 is 15.8 Å². The maximum Gasteiger partial charge on any atom is 0.232 e. The molecule has 0 bridgehead atoms. The number of hydrogen-bond donors (Lipinski definition) is 3. The van der Waals surface area contributed by atoms with Crippen LogP contribution >= 0.6 is 12.4 Å². The first-order valence-electron chi connectivity index (χ1n) is 8.44. The van der Waals surface area contributed by atoms with Gasteiger partial charge in [-0.25, -0.2) is 8.42 Å². The molecule has 2 rings (SSSR count). The van der Waals surface area contributed by atoms with E-state index in [0.717, 1.165) is 25.7 Å². The van der Waals surface area contributed by atoms with Crippen molar-refractivity contribution in [3.05, 3.63) is 24.3 Å². The number of nitrogens with one attached hydrogen (secondary N) is 2. The molecule has 4 N–H and O–H groups in total. The normalized spacial score (nSPS) is 23.4. The summed E-state index contributed by atoms with van der Waals surface area (Å²) >= 11 is 0. The van der Waals surface area contributed by atoms with Crippen LogP contribution in [-0.4, -0.2) is 25.6 Å². The molecule has 1 aromatic rings. The molecule has 8 heteroatoms. The van der Waals surface area contributed by atoms with Gasteiger partial charge < -0.3 is 11.1 Å². The van der Waals surface area contributed by atoms with Gasteiger partial charge in [-0.3, -0.25) is 9.52 Å². The molecule has 0 aliphatic heterocycles. The molecule has 25 heavy (non-hydrogen) atoms. The van der Waals surface area contributed by atoms with Crippen molar-refractivity contribution in [1.29, 1.82) is 0 Å². The van der Waals surface area contributed by atoms with E-state index in [1.165, 1.54) is 0 Å². The fourth-order valence-electron chi connectivity index (χ4n) is 3.14. The van der Waals surface area contributed by atoms with Crippen molar-refractivity contribution in [3.63, 3.8) is 0 Å². The van der Waals surface area contributed by atoms with Crippen LogP contribution in [0.3, 0.4) is 0 Å². The molecule has 0 saturated heterocycles. The lowest BCUT2D eigenvalue weighted by Crippen LogP contribution is -2.51. The van der Waals surface area contributed by atoms with Gasteiger partial charge >= 0.3 is 0 Å². The number of amides is 1. The first-order chi connectivity index (χ1) is 11.2. The summed E-state index contributed by atoms with van der Waals surface area (Å²) in [4.78, 5) is 12.5. The summed E-state index contributed by atoms with van der Waals surface area (Å²) < 4.78 is 26.0. The Bertz CT molecular complexity index is 675. The molecule has 0 radical (unpaired) electrons. The van der Waals surface area contributed by atoms with Crippen molar-refractivity contribution >= 4 is 39.7 Å². The number of halogens is 1. The number of nitrogens with two attached hydrogens (primary N) is 1. The first-order valence-corrected chi connectivity index (χ1v) is 10.1. The SMILES string of the molecule is CCCS(=O)(=O)Nc1ccc(NC(=O)C2CCCCC2(C)N)cc1.Cl. The van der Waals surface area contributed by atoms with E-state index in [4.69, 9.17) is 5.73 Å². The highest BCUT2D eigenvalue weighted by Crippen LogP contribution is 2.32. The zero-order valence-corrected chi connectivity index (χ0v) is 16.4. The summed E-state index contributed by atoms with van der Waals surface area (Å²) in [5, 5.41) is 2.89. The molecule has 1 saturated carbocycles. The highest BCUT2D eigenvalue weighted by molar-refractivity contribution is 7.92. The summed E-state index contributed by atoms with van der Waals surface area (Å²) in [5.41, 5.74) is 6.91. The van der Waals surface area contributed by atoms with E-state index in [2.05, 4.69) is 10.0 Å². The van der Waals surface area contributed by atoms with Crippen LogP contribution in [0.4, 0.5) is 11.4 Å². The Morgan fingerprint density at radius 3 is 2.40 bits per heavy atom. The summed E-state index contributed by atoms with van der Waals surface area (Å²) in [6.45, 7) is 3.75. The standard InChI is InChI=1S/C17H27N3O3S.ClH/c1-3-12-24(22,23)20-14-9-7-13(8-10-14)19-16(21)15-6-4-5-11-17(15,2)18;/h7-10,15,20H,3-6,11-12,18H2,1-2H3,(H,19,21);1H. The fourth-order valence-corrected chi connectivity index (χ4v) is 4.27. The number of anilines is 2. The van der Waals surface area contributed by atoms with E-state index < -0.39 is 15.6 Å². The lowest BCUT2D eigenvalue weighted by Gasteiger charge is -2.37. The van der Waals surface area contributed by atoms with Crippen molar-refractivity contribution in [3.8, 4) is 0 Å². The predicted octanol–water partition coefficient (Wildman–Crippen LogP) is 3.11. The van der Waals surface area contributed by atoms with E-state index in [9.17, 15) is 13.2 Å². The van der Waals surface area contributed by atoms with Gasteiger partial charge in [0.1, 0.15) is 0 Å². The maximum atomic E-state index is 12.5. The second kappa shape index (κ2) is 8.87.